The zero-order valence-corrected chi connectivity index (χ0v) is 8.54. The van der Waals surface area contributed by atoms with Crippen molar-refractivity contribution in [3.05, 3.63) is 0 Å². The number of carbonyl (C=O) groups excluding carboxylic acids is 1. The Hall–Kier alpha value is -0.570. The highest BCUT2D eigenvalue weighted by atomic mass is 16.2. The summed E-state index contributed by atoms with van der Waals surface area (Å²) >= 11 is 0. The first kappa shape index (κ1) is 8.72. The van der Waals surface area contributed by atoms with Crippen LogP contribution in [0, 0.1) is 11.8 Å². The molecular formula is C11H18N2O. The number of amides is 1. The van der Waals surface area contributed by atoms with Gasteiger partial charge in [-0.25, -0.2) is 0 Å². The second-order valence-electron chi connectivity index (χ2n) is 5.01. The molecule has 0 aromatic heterocycles. The molecule has 1 amide bonds. The van der Waals surface area contributed by atoms with Crippen LogP contribution in [0.1, 0.15) is 25.7 Å². The van der Waals surface area contributed by atoms with Gasteiger partial charge >= 0.3 is 0 Å². The Bertz CT molecular complexity index is 245. The molecule has 1 aliphatic heterocycles. The number of carbonyl (C=O) groups is 1. The minimum Gasteiger partial charge on any atom is -0.337 e. The van der Waals surface area contributed by atoms with Gasteiger partial charge < -0.3 is 10.2 Å². The zero-order chi connectivity index (χ0) is 9.54. The lowest BCUT2D eigenvalue weighted by Gasteiger charge is -2.51. The van der Waals surface area contributed by atoms with Crippen LogP contribution in [-0.2, 0) is 4.79 Å². The fraction of sp³-hybridized carbons (Fsp3) is 0.909. The van der Waals surface area contributed by atoms with Crippen molar-refractivity contribution in [2.45, 2.75) is 31.7 Å². The lowest BCUT2D eigenvalue weighted by molar-refractivity contribution is -0.139. The van der Waals surface area contributed by atoms with Crippen molar-refractivity contribution in [3.63, 3.8) is 0 Å². The highest BCUT2D eigenvalue weighted by Gasteiger charge is 2.43. The van der Waals surface area contributed by atoms with E-state index >= 15 is 0 Å². The standard InChI is InChI=1S/C11H18N2O/c14-11-7-12-3-4-13(11)10-2-1-8-5-9(10)6-8/h8-10,12H,1-7H2. The Morgan fingerprint density at radius 2 is 2.14 bits per heavy atom. The molecular weight excluding hydrogens is 176 g/mol. The predicted octanol–water partition coefficient (Wildman–Crippen LogP) is 0.607. The molecule has 0 aromatic rings. The van der Waals surface area contributed by atoms with Crippen LogP contribution in [0.25, 0.3) is 0 Å². The largest absolute Gasteiger partial charge is 0.337 e. The monoisotopic (exact) mass is 194 g/mol. The molecule has 3 nitrogen and oxygen atoms in total. The van der Waals surface area contributed by atoms with Gasteiger partial charge in [0.15, 0.2) is 0 Å². The first-order valence-electron chi connectivity index (χ1n) is 5.85. The predicted molar refractivity (Wildman–Crippen MR) is 53.8 cm³/mol. The Kier molecular flexibility index (Phi) is 2.01. The molecule has 1 saturated heterocycles. The molecule has 2 bridgehead atoms. The lowest BCUT2D eigenvalue weighted by Crippen LogP contribution is -2.58. The van der Waals surface area contributed by atoms with Crippen LogP contribution in [0.4, 0.5) is 0 Å². The van der Waals surface area contributed by atoms with E-state index in [1.165, 1.54) is 25.7 Å². The molecule has 14 heavy (non-hydrogen) atoms. The molecule has 1 atom stereocenters. The minimum atomic E-state index is 0.326. The van der Waals surface area contributed by atoms with Crippen molar-refractivity contribution in [1.29, 1.82) is 0 Å². The van der Waals surface area contributed by atoms with E-state index in [-0.39, 0.29) is 0 Å². The van der Waals surface area contributed by atoms with E-state index in [0.29, 0.717) is 18.5 Å². The third kappa shape index (κ3) is 1.26. The van der Waals surface area contributed by atoms with Gasteiger partial charge in [0.1, 0.15) is 0 Å². The van der Waals surface area contributed by atoms with Gasteiger partial charge in [0, 0.05) is 19.1 Å². The van der Waals surface area contributed by atoms with E-state index in [1.54, 1.807) is 0 Å². The Morgan fingerprint density at radius 3 is 2.79 bits per heavy atom. The molecule has 78 valence electrons. The van der Waals surface area contributed by atoms with Crippen molar-refractivity contribution < 1.29 is 4.79 Å². The average molecular weight is 194 g/mol. The second-order valence-corrected chi connectivity index (χ2v) is 5.01. The number of nitrogens with zero attached hydrogens (tertiary/aromatic N) is 1. The summed E-state index contributed by atoms with van der Waals surface area (Å²) < 4.78 is 0. The maximum absolute atomic E-state index is 11.7. The van der Waals surface area contributed by atoms with Gasteiger partial charge in [-0.3, -0.25) is 4.79 Å². The zero-order valence-electron chi connectivity index (χ0n) is 8.54. The Balaban J connectivity index is 1.70. The van der Waals surface area contributed by atoms with Crippen molar-refractivity contribution in [3.8, 4) is 0 Å². The third-order valence-electron chi connectivity index (χ3n) is 4.21. The third-order valence-corrected chi connectivity index (χ3v) is 4.21. The summed E-state index contributed by atoms with van der Waals surface area (Å²) in [5, 5.41) is 3.14. The van der Waals surface area contributed by atoms with Crippen LogP contribution in [0.2, 0.25) is 0 Å². The fourth-order valence-electron chi connectivity index (χ4n) is 3.36. The van der Waals surface area contributed by atoms with Gasteiger partial charge in [0.05, 0.1) is 6.54 Å². The molecule has 0 radical (unpaired) electrons. The molecule has 1 unspecified atom stereocenters. The number of piperazine rings is 1. The van der Waals surface area contributed by atoms with E-state index in [2.05, 4.69) is 10.2 Å². The normalized spacial score (nSPS) is 42.1. The summed E-state index contributed by atoms with van der Waals surface area (Å²) in [5.41, 5.74) is 0. The first-order chi connectivity index (χ1) is 6.84. The van der Waals surface area contributed by atoms with Crippen LogP contribution in [-0.4, -0.2) is 36.5 Å². The van der Waals surface area contributed by atoms with Gasteiger partial charge in [-0.2, -0.15) is 0 Å². The second kappa shape index (κ2) is 3.23. The molecule has 3 heteroatoms. The molecule has 3 saturated carbocycles. The van der Waals surface area contributed by atoms with E-state index in [9.17, 15) is 4.79 Å². The maximum Gasteiger partial charge on any atom is 0.236 e. The van der Waals surface area contributed by atoms with E-state index < -0.39 is 0 Å². The number of nitrogens with one attached hydrogen (secondary N) is 1. The smallest absolute Gasteiger partial charge is 0.236 e. The number of hydrogen-bond acceptors (Lipinski definition) is 2. The van der Waals surface area contributed by atoms with E-state index in [0.717, 1.165) is 24.9 Å². The van der Waals surface area contributed by atoms with E-state index in [4.69, 9.17) is 0 Å². The number of rotatable bonds is 1. The topological polar surface area (TPSA) is 32.3 Å². The van der Waals surface area contributed by atoms with Gasteiger partial charge in [0.2, 0.25) is 5.91 Å². The van der Waals surface area contributed by atoms with Crippen molar-refractivity contribution in [2.75, 3.05) is 19.6 Å². The minimum absolute atomic E-state index is 0.326. The molecule has 3 aliphatic carbocycles. The van der Waals surface area contributed by atoms with Gasteiger partial charge in [-0.1, -0.05) is 0 Å². The lowest BCUT2D eigenvalue weighted by atomic mass is 9.62. The molecule has 1 heterocycles. The molecule has 0 aromatic carbocycles. The maximum atomic E-state index is 11.7. The van der Waals surface area contributed by atoms with Crippen LogP contribution < -0.4 is 5.32 Å². The van der Waals surface area contributed by atoms with E-state index in [1.807, 2.05) is 0 Å². The average Bonchev–Trinajstić information content (AvgIpc) is 2.17. The fourth-order valence-corrected chi connectivity index (χ4v) is 3.36. The highest BCUT2D eigenvalue weighted by Crippen LogP contribution is 2.47. The Labute approximate surface area is 84.8 Å². The summed E-state index contributed by atoms with van der Waals surface area (Å²) in [5.74, 6) is 2.18. The van der Waals surface area contributed by atoms with Crippen molar-refractivity contribution >= 4 is 5.91 Å². The summed E-state index contributed by atoms with van der Waals surface area (Å²) in [6.45, 7) is 2.48. The molecule has 0 spiro atoms. The Morgan fingerprint density at radius 1 is 1.29 bits per heavy atom. The quantitative estimate of drug-likeness (QED) is 0.663. The van der Waals surface area contributed by atoms with Gasteiger partial charge in [-0.15, -0.1) is 0 Å². The first-order valence-corrected chi connectivity index (χ1v) is 5.85. The van der Waals surface area contributed by atoms with Crippen LogP contribution in [0.15, 0.2) is 0 Å². The van der Waals surface area contributed by atoms with Crippen molar-refractivity contribution in [1.82, 2.24) is 10.2 Å². The highest BCUT2D eigenvalue weighted by molar-refractivity contribution is 5.79. The van der Waals surface area contributed by atoms with Crippen LogP contribution in [0.5, 0.6) is 0 Å². The number of hydrogen-bond donors (Lipinski definition) is 1. The molecule has 4 aliphatic rings. The number of fused-ring (bicyclic) bond motifs is 2. The van der Waals surface area contributed by atoms with Crippen LogP contribution >= 0.6 is 0 Å². The molecule has 4 rings (SSSR count). The molecule has 1 N–H and O–H groups in total. The van der Waals surface area contributed by atoms with Crippen molar-refractivity contribution in [2.24, 2.45) is 11.8 Å². The van der Waals surface area contributed by atoms with Crippen LogP contribution in [0.3, 0.4) is 0 Å². The molecule has 4 fully saturated rings. The summed E-state index contributed by atoms with van der Waals surface area (Å²) in [6.07, 6.45) is 5.41. The SMILES string of the molecule is O=C1CNCCN1C1CCC2CC1C2. The summed E-state index contributed by atoms with van der Waals surface area (Å²) in [6, 6.07) is 0.592. The summed E-state index contributed by atoms with van der Waals surface area (Å²) in [4.78, 5) is 13.9. The van der Waals surface area contributed by atoms with Gasteiger partial charge in [0.25, 0.3) is 0 Å². The summed E-state index contributed by atoms with van der Waals surface area (Å²) in [7, 11) is 0. The van der Waals surface area contributed by atoms with Gasteiger partial charge in [-0.05, 0) is 37.5 Å².